The minimum Gasteiger partial charge on any atom is -0.300 e. The molecular formula is C13H24ClN. The summed E-state index contributed by atoms with van der Waals surface area (Å²) >= 11 is 5.79. The number of halogens is 1. The fourth-order valence-electron chi connectivity index (χ4n) is 4.10. The van der Waals surface area contributed by atoms with Crippen molar-refractivity contribution < 1.29 is 0 Å². The van der Waals surface area contributed by atoms with E-state index in [1.165, 1.54) is 32.4 Å². The van der Waals surface area contributed by atoms with E-state index >= 15 is 0 Å². The minimum absolute atomic E-state index is 0.549. The number of hydrogen-bond donors (Lipinski definition) is 0. The Hall–Kier alpha value is 0.250. The standard InChI is InChI=1S/C13H24ClN/c1-12(2)7-11-8-13(3,9-12)10-15(11)6-4-5-14/h11H,4-10H2,1-3H3. The summed E-state index contributed by atoms with van der Waals surface area (Å²) in [5.74, 6) is 0.809. The highest BCUT2D eigenvalue weighted by Gasteiger charge is 2.48. The van der Waals surface area contributed by atoms with Crippen molar-refractivity contribution in [3.05, 3.63) is 0 Å². The van der Waals surface area contributed by atoms with Gasteiger partial charge in [-0.3, -0.25) is 4.90 Å². The molecule has 1 aliphatic carbocycles. The van der Waals surface area contributed by atoms with Gasteiger partial charge in [-0.15, -0.1) is 11.6 Å². The molecule has 1 nitrogen and oxygen atoms in total. The van der Waals surface area contributed by atoms with Crippen molar-refractivity contribution in [3.8, 4) is 0 Å². The van der Waals surface area contributed by atoms with E-state index in [0.29, 0.717) is 10.8 Å². The summed E-state index contributed by atoms with van der Waals surface area (Å²) in [7, 11) is 0. The largest absolute Gasteiger partial charge is 0.300 e. The molecule has 0 radical (unpaired) electrons. The van der Waals surface area contributed by atoms with E-state index in [1.54, 1.807) is 0 Å². The molecule has 0 amide bonds. The third kappa shape index (κ3) is 2.50. The van der Waals surface area contributed by atoms with Gasteiger partial charge in [-0.1, -0.05) is 20.8 Å². The molecule has 15 heavy (non-hydrogen) atoms. The third-order valence-corrected chi connectivity index (χ3v) is 4.37. The van der Waals surface area contributed by atoms with Gasteiger partial charge in [-0.25, -0.2) is 0 Å². The lowest BCUT2D eigenvalue weighted by atomic mass is 9.65. The van der Waals surface area contributed by atoms with Crippen LogP contribution in [0.25, 0.3) is 0 Å². The lowest BCUT2D eigenvalue weighted by Crippen LogP contribution is -2.35. The first-order valence-electron chi connectivity index (χ1n) is 6.24. The van der Waals surface area contributed by atoms with Crippen molar-refractivity contribution in [2.75, 3.05) is 19.0 Å². The average molecular weight is 230 g/mol. The van der Waals surface area contributed by atoms with Gasteiger partial charge >= 0.3 is 0 Å². The number of fused-ring (bicyclic) bond motifs is 2. The van der Waals surface area contributed by atoms with Crippen molar-refractivity contribution in [3.63, 3.8) is 0 Å². The van der Waals surface area contributed by atoms with Crippen molar-refractivity contribution in [2.45, 2.75) is 52.5 Å². The first-order valence-corrected chi connectivity index (χ1v) is 6.78. The maximum atomic E-state index is 5.79. The Balaban J connectivity index is 2.03. The van der Waals surface area contributed by atoms with Crippen LogP contribution in [0.15, 0.2) is 0 Å². The molecule has 88 valence electrons. The van der Waals surface area contributed by atoms with Gasteiger partial charge in [0.05, 0.1) is 0 Å². The van der Waals surface area contributed by atoms with Gasteiger partial charge in [0.15, 0.2) is 0 Å². The van der Waals surface area contributed by atoms with Gasteiger partial charge in [0.25, 0.3) is 0 Å². The van der Waals surface area contributed by atoms with E-state index in [4.69, 9.17) is 11.6 Å². The van der Waals surface area contributed by atoms with Crippen LogP contribution in [0, 0.1) is 10.8 Å². The normalized spacial score (nSPS) is 39.6. The van der Waals surface area contributed by atoms with Gasteiger partial charge < -0.3 is 0 Å². The topological polar surface area (TPSA) is 3.24 Å². The van der Waals surface area contributed by atoms with E-state index in [-0.39, 0.29) is 0 Å². The molecule has 2 unspecified atom stereocenters. The second-order valence-corrected chi connectivity index (χ2v) is 7.10. The summed E-state index contributed by atoms with van der Waals surface area (Å²) in [4.78, 5) is 2.69. The van der Waals surface area contributed by atoms with Crippen LogP contribution >= 0.6 is 11.6 Å². The molecule has 0 N–H and O–H groups in total. The molecule has 0 spiro atoms. The molecule has 2 rings (SSSR count). The van der Waals surface area contributed by atoms with E-state index < -0.39 is 0 Å². The van der Waals surface area contributed by atoms with Gasteiger partial charge in [0.1, 0.15) is 0 Å². The van der Waals surface area contributed by atoms with Crippen LogP contribution < -0.4 is 0 Å². The van der Waals surface area contributed by atoms with Gasteiger partial charge in [0, 0.05) is 18.5 Å². The summed E-state index contributed by atoms with van der Waals surface area (Å²) in [6, 6.07) is 0.835. The van der Waals surface area contributed by atoms with Gasteiger partial charge in [-0.05, 0) is 43.1 Å². The number of rotatable bonds is 3. The molecule has 1 aliphatic heterocycles. The number of alkyl halides is 1. The van der Waals surface area contributed by atoms with Crippen molar-refractivity contribution >= 4 is 11.6 Å². The smallest absolute Gasteiger partial charge is 0.0235 e. The SMILES string of the molecule is CC1(C)CC2CC(C)(CN2CCCCl)C1. The predicted octanol–water partition coefficient (Wildman–Crippen LogP) is 3.52. The van der Waals surface area contributed by atoms with Crippen LogP contribution in [-0.2, 0) is 0 Å². The molecule has 2 aliphatic rings. The molecule has 2 fully saturated rings. The number of likely N-dealkylation sites (tertiary alicyclic amines) is 1. The summed E-state index contributed by atoms with van der Waals surface area (Å²) in [5, 5.41) is 0. The Morgan fingerprint density at radius 2 is 2.00 bits per heavy atom. The Kier molecular flexibility index (Phi) is 3.07. The summed E-state index contributed by atoms with van der Waals surface area (Å²) in [6.07, 6.45) is 5.34. The van der Waals surface area contributed by atoms with E-state index in [1.807, 2.05) is 0 Å². The van der Waals surface area contributed by atoms with Crippen LogP contribution in [0.3, 0.4) is 0 Å². The van der Waals surface area contributed by atoms with Crippen LogP contribution in [0.2, 0.25) is 0 Å². The van der Waals surface area contributed by atoms with Gasteiger partial charge in [0.2, 0.25) is 0 Å². The van der Waals surface area contributed by atoms with Crippen molar-refractivity contribution in [1.29, 1.82) is 0 Å². The van der Waals surface area contributed by atoms with Crippen LogP contribution in [0.4, 0.5) is 0 Å². The Labute approximate surface area is 99.2 Å². The minimum atomic E-state index is 0.549. The van der Waals surface area contributed by atoms with E-state index in [2.05, 4.69) is 25.7 Å². The zero-order valence-corrected chi connectivity index (χ0v) is 11.1. The molecule has 0 aromatic rings. The highest BCUT2D eigenvalue weighted by molar-refractivity contribution is 6.17. The van der Waals surface area contributed by atoms with Crippen LogP contribution in [0.1, 0.15) is 46.5 Å². The zero-order valence-electron chi connectivity index (χ0n) is 10.4. The van der Waals surface area contributed by atoms with E-state index in [9.17, 15) is 0 Å². The quantitative estimate of drug-likeness (QED) is 0.670. The maximum absolute atomic E-state index is 5.79. The monoisotopic (exact) mass is 229 g/mol. The lowest BCUT2D eigenvalue weighted by Gasteiger charge is -2.39. The first kappa shape index (κ1) is 11.7. The van der Waals surface area contributed by atoms with Crippen molar-refractivity contribution in [1.82, 2.24) is 4.90 Å². The molecule has 1 saturated heterocycles. The summed E-state index contributed by atoms with van der Waals surface area (Å²) in [6.45, 7) is 9.85. The Morgan fingerprint density at radius 1 is 1.27 bits per heavy atom. The van der Waals surface area contributed by atoms with Crippen LogP contribution in [0.5, 0.6) is 0 Å². The average Bonchev–Trinajstić information content (AvgIpc) is 2.31. The molecule has 1 heterocycles. The summed E-state index contributed by atoms with van der Waals surface area (Å²) in [5.41, 5.74) is 1.13. The highest BCUT2D eigenvalue weighted by Crippen LogP contribution is 2.52. The number of hydrogen-bond acceptors (Lipinski definition) is 1. The predicted molar refractivity (Wildman–Crippen MR) is 66.4 cm³/mol. The van der Waals surface area contributed by atoms with E-state index in [0.717, 1.165) is 18.3 Å². The van der Waals surface area contributed by atoms with Crippen LogP contribution in [-0.4, -0.2) is 29.9 Å². The molecule has 1 saturated carbocycles. The number of nitrogens with zero attached hydrogens (tertiary/aromatic N) is 1. The molecule has 0 aromatic heterocycles. The second kappa shape index (κ2) is 3.92. The second-order valence-electron chi connectivity index (χ2n) is 6.73. The lowest BCUT2D eigenvalue weighted by molar-refractivity contribution is 0.127. The molecule has 2 bridgehead atoms. The maximum Gasteiger partial charge on any atom is 0.0235 e. The van der Waals surface area contributed by atoms with Gasteiger partial charge in [-0.2, -0.15) is 0 Å². The third-order valence-electron chi connectivity index (χ3n) is 4.10. The molecule has 0 aromatic carbocycles. The highest BCUT2D eigenvalue weighted by atomic mass is 35.5. The Bertz CT molecular complexity index is 239. The molecule has 2 atom stereocenters. The zero-order chi connectivity index (χ0) is 11.1. The first-order chi connectivity index (χ1) is 6.94. The summed E-state index contributed by atoms with van der Waals surface area (Å²) < 4.78 is 0. The molecule has 2 heteroatoms. The Morgan fingerprint density at radius 3 is 2.67 bits per heavy atom. The fraction of sp³-hybridized carbons (Fsp3) is 1.00. The fourth-order valence-corrected chi connectivity index (χ4v) is 4.22. The molecular weight excluding hydrogens is 206 g/mol. The van der Waals surface area contributed by atoms with Crippen molar-refractivity contribution in [2.24, 2.45) is 10.8 Å².